The molecule has 0 atom stereocenters. The molecule has 0 aromatic carbocycles. The third-order valence-electron chi connectivity index (χ3n) is 8.45. The molecule has 316 valence electrons. The van der Waals surface area contributed by atoms with Gasteiger partial charge in [0, 0.05) is 36.3 Å². The summed E-state index contributed by atoms with van der Waals surface area (Å²) in [4.78, 5) is 50.3. The maximum absolute atomic E-state index is 12.7. The molecule has 21 heteroatoms. The molecule has 1 aliphatic rings. The Hall–Kier alpha value is -6.69. The average Bonchev–Trinajstić information content (AvgIpc) is 3.90. The minimum Gasteiger partial charge on any atom is -0.753 e. The number of aryl methyl sites for hydroxylation is 1. The first-order chi connectivity index (χ1) is 28.7. The van der Waals surface area contributed by atoms with Gasteiger partial charge in [0.2, 0.25) is 11.5 Å². The van der Waals surface area contributed by atoms with Crippen LogP contribution in [0.25, 0.3) is 50.9 Å². The van der Waals surface area contributed by atoms with E-state index in [0.717, 1.165) is 37.5 Å². The van der Waals surface area contributed by atoms with E-state index in [0.29, 0.717) is 41.7 Å². The molecule has 7 heterocycles. The van der Waals surface area contributed by atoms with Crippen molar-refractivity contribution in [2.45, 2.75) is 45.2 Å². The van der Waals surface area contributed by atoms with Crippen LogP contribution in [0.1, 0.15) is 75.1 Å². The molecule has 6 aromatic rings. The number of thiocarbonyl (C=S) groups is 1. The van der Waals surface area contributed by atoms with Crippen LogP contribution in [-0.4, -0.2) is 76.6 Å². The fraction of sp³-hybridized carbons (Fsp3) is 0.225. The second-order valence-electron chi connectivity index (χ2n) is 12.6. The van der Waals surface area contributed by atoms with Crippen LogP contribution in [0, 0.1) is 0 Å². The third-order valence-corrected chi connectivity index (χ3v) is 8.45. The van der Waals surface area contributed by atoms with Gasteiger partial charge in [-0.15, -0.1) is 0 Å². The van der Waals surface area contributed by atoms with E-state index >= 15 is 0 Å². The minimum atomic E-state index is -4.54. The van der Waals surface area contributed by atoms with Gasteiger partial charge in [0.1, 0.15) is 18.9 Å². The van der Waals surface area contributed by atoms with Crippen LogP contribution in [0.15, 0.2) is 77.6 Å². The Bertz CT molecular complexity index is 2450. The van der Waals surface area contributed by atoms with E-state index in [1.165, 1.54) is 66.6 Å². The molecular weight excluding hydrogens is 913 g/mol. The van der Waals surface area contributed by atoms with E-state index in [9.17, 15) is 32.7 Å². The number of furan rings is 1. The van der Waals surface area contributed by atoms with Crippen molar-refractivity contribution in [1.29, 1.82) is 0 Å². The number of hydrogen-bond acceptors (Lipinski definition) is 12. The Morgan fingerprint density at radius 2 is 1.34 bits per heavy atom. The van der Waals surface area contributed by atoms with Crippen LogP contribution in [0.3, 0.4) is 0 Å². The second-order valence-corrected chi connectivity index (χ2v) is 12.7. The predicted molar refractivity (Wildman–Crippen MR) is 210 cm³/mol. The van der Waals surface area contributed by atoms with Crippen molar-refractivity contribution >= 4 is 35.3 Å². The van der Waals surface area contributed by atoms with Crippen LogP contribution in [0.5, 0.6) is 11.5 Å². The molecule has 3 N–H and O–H groups in total. The van der Waals surface area contributed by atoms with E-state index in [1.54, 1.807) is 12.1 Å². The fourth-order valence-electron chi connectivity index (χ4n) is 5.64. The van der Waals surface area contributed by atoms with Crippen LogP contribution in [0.2, 0.25) is 0 Å². The molecule has 0 unspecified atom stereocenters. The Kier molecular flexibility index (Phi) is 16.6. The standard InChI is InChI=1S/C21H21F3N3O3.C18H11N3O6.CNS.Ru/c1-2-3-4-5-6-16-19-20(29-10-9-28-19)18(30-16)13-7-8-14(25-12-13)15-11-17(27-26-15)21(22,23)24;22-16(23)9-1-3-19-12(5-9)14-7-11(18(26)27)8-15(21-14)13-6-10(17(24)25)2-4-20-13;2-1-3;/h7-8,11-12H,2-6,9-10H2,1H3;1-8H,(H,22,23)(H,24,25)(H,26,27);;/q-1;;-1;+2. The fourth-order valence-corrected chi connectivity index (χ4v) is 5.64. The Morgan fingerprint density at radius 1 is 0.787 bits per heavy atom. The van der Waals surface area contributed by atoms with Crippen molar-refractivity contribution in [1.82, 2.24) is 30.1 Å². The molecule has 0 amide bonds. The van der Waals surface area contributed by atoms with E-state index in [-0.39, 0.29) is 64.6 Å². The average molecular weight is 945 g/mol. The third kappa shape index (κ3) is 12.2. The summed E-state index contributed by atoms with van der Waals surface area (Å²) in [7, 11) is 0. The molecular formula is C40H32F3N7O9RuS. The SMILES string of the molecule is CCCCCCc1oc(-c2ccc(-c3cc(C(F)(F)F)n[n-]3)nc2)c2c1OCCO2.O=C(O)c1ccnc(-c2cc(C(=O)O)cc(-c3cc(C(=O)O)ccn3)n2)c1.[N-]=C=S.[Ru+2]. The van der Waals surface area contributed by atoms with E-state index in [2.05, 4.69) is 49.3 Å². The van der Waals surface area contributed by atoms with Gasteiger partial charge < -0.3 is 44.8 Å². The molecule has 6 aromatic heterocycles. The van der Waals surface area contributed by atoms with Gasteiger partial charge in [0.15, 0.2) is 11.5 Å². The molecule has 0 radical (unpaired) electrons. The number of isothiocyanates is 1. The number of pyridine rings is 4. The zero-order valence-electron chi connectivity index (χ0n) is 31.7. The molecule has 61 heavy (non-hydrogen) atoms. The molecule has 0 saturated heterocycles. The van der Waals surface area contributed by atoms with Crippen LogP contribution >= 0.6 is 12.2 Å². The van der Waals surface area contributed by atoms with Gasteiger partial charge in [-0.2, -0.15) is 18.3 Å². The van der Waals surface area contributed by atoms with E-state index < -0.39 is 29.8 Å². The summed E-state index contributed by atoms with van der Waals surface area (Å²) >= 11 is 3.70. The summed E-state index contributed by atoms with van der Waals surface area (Å²) in [6.07, 6.45) is 4.70. The summed E-state index contributed by atoms with van der Waals surface area (Å²) in [5, 5.41) is 42.8. The van der Waals surface area contributed by atoms with Gasteiger partial charge in [-0.3, -0.25) is 15.0 Å². The zero-order chi connectivity index (χ0) is 43.4. The van der Waals surface area contributed by atoms with Crippen LogP contribution in [0.4, 0.5) is 13.2 Å². The van der Waals surface area contributed by atoms with Gasteiger partial charge in [-0.05, 0) is 61.0 Å². The first-order valence-corrected chi connectivity index (χ1v) is 18.3. The maximum atomic E-state index is 12.7. The number of alkyl halides is 3. The van der Waals surface area contributed by atoms with Gasteiger partial charge in [0.05, 0.1) is 39.5 Å². The second kappa shape index (κ2) is 21.5. The van der Waals surface area contributed by atoms with Crippen molar-refractivity contribution in [3.63, 3.8) is 0 Å². The van der Waals surface area contributed by atoms with E-state index in [1.807, 2.05) is 0 Å². The number of nitrogens with zero attached hydrogens (tertiary/aromatic N) is 7. The number of aromatic nitrogens is 6. The van der Waals surface area contributed by atoms with Crippen molar-refractivity contribution in [3.05, 3.63) is 107 Å². The summed E-state index contributed by atoms with van der Waals surface area (Å²) in [5.74, 6) is -1.12. The maximum Gasteiger partial charge on any atom is 2.00 e. The zero-order valence-corrected chi connectivity index (χ0v) is 34.2. The monoisotopic (exact) mass is 945 g/mol. The number of ether oxygens (including phenoxy) is 2. The molecule has 16 nitrogen and oxygen atoms in total. The molecule has 0 spiro atoms. The Balaban J connectivity index is 0.000000250. The van der Waals surface area contributed by atoms with Crippen molar-refractivity contribution in [3.8, 4) is 57.0 Å². The number of carboxylic acid groups (broad SMARTS) is 3. The van der Waals surface area contributed by atoms with Crippen LogP contribution < -0.4 is 14.6 Å². The first kappa shape index (κ1) is 47.0. The minimum absolute atomic E-state index is 0. The molecule has 1 aliphatic heterocycles. The van der Waals surface area contributed by atoms with Gasteiger partial charge >= 0.3 is 43.6 Å². The summed E-state index contributed by atoms with van der Waals surface area (Å²) in [6, 6.07) is 11.8. The molecule has 0 aliphatic carbocycles. The summed E-state index contributed by atoms with van der Waals surface area (Å²) < 4.78 is 55.8. The number of aromatic carboxylic acids is 3. The van der Waals surface area contributed by atoms with Crippen LogP contribution in [-0.2, 0) is 32.1 Å². The molecule has 0 saturated carbocycles. The van der Waals surface area contributed by atoms with Crippen molar-refractivity contribution in [2.75, 3.05) is 13.2 Å². The van der Waals surface area contributed by atoms with Gasteiger partial charge in [-0.1, -0.05) is 44.1 Å². The number of fused-ring (bicyclic) bond motifs is 1. The number of carboxylic acids is 3. The van der Waals surface area contributed by atoms with Gasteiger partial charge in [0.25, 0.3) is 0 Å². The number of halogens is 3. The largest absolute Gasteiger partial charge is 2.00 e. The Morgan fingerprint density at radius 3 is 1.84 bits per heavy atom. The first-order valence-electron chi connectivity index (χ1n) is 17.9. The Labute approximate surface area is 362 Å². The molecule has 0 bridgehead atoms. The topological polar surface area (TPSA) is 244 Å². The molecule has 0 fully saturated rings. The summed E-state index contributed by atoms with van der Waals surface area (Å²) in [5.41, 5.74) is 0.335. The number of rotatable bonds is 12. The smallest absolute Gasteiger partial charge is 0.753 e. The van der Waals surface area contributed by atoms with Crippen molar-refractivity contribution < 1.29 is 76.2 Å². The number of hydrogen-bond donors (Lipinski definition) is 3. The number of unbranched alkanes of at least 4 members (excludes halogenated alkanes) is 3. The number of carbonyl (C=O) groups is 3. The van der Waals surface area contributed by atoms with Gasteiger partial charge in [-0.25, -0.2) is 19.4 Å². The predicted octanol–water partition coefficient (Wildman–Crippen LogP) is 8.23. The normalized spacial score (nSPS) is 11.4. The summed E-state index contributed by atoms with van der Waals surface area (Å²) in [6.45, 7) is 3.04. The van der Waals surface area contributed by atoms with Crippen molar-refractivity contribution in [2.24, 2.45) is 0 Å². The quantitative estimate of drug-likeness (QED) is 0.0453. The molecule has 7 rings (SSSR count). The van der Waals surface area contributed by atoms with E-state index in [4.69, 9.17) is 29.5 Å².